The molecule has 0 aliphatic heterocycles. The van der Waals surface area contributed by atoms with E-state index in [0.717, 1.165) is 29.9 Å². The molecule has 2 aromatic rings. The highest BCUT2D eigenvalue weighted by molar-refractivity contribution is 5.97. The molecule has 1 aliphatic rings. The van der Waals surface area contributed by atoms with Crippen LogP contribution in [0.15, 0.2) is 36.4 Å². The van der Waals surface area contributed by atoms with Gasteiger partial charge >= 0.3 is 0 Å². The highest BCUT2D eigenvalue weighted by atomic mass is 16.5. The molecule has 0 radical (unpaired) electrons. The Morgan fingerprint density at radius 1 is 0.931 bits per heavy atom. The fourth-order valence-corrected chi connectivity index (χ4v) is 3.56. The van der Waals surface area contributed by atoms with E-state index in [9.17, 15) is 4.79 Å². The molecule has 1 aliphatic carbocycles. The topological polar surface area (TPSA) is 66.0 Å². The summed E-state index contributed by atoms with van der Waals surface area (Å²) in [6, 6.07) is 11.1. The molecule has 3 rings (SSSR count). The zero-order chi connectivity index (χ0) is 20.6. The number of hydrogen-bond donors (Lipinski definition) is 1. The van der Waals surface area contributed by atoms with Gasteiger partial charge in [-0.15, -0.1) is 0 Å². The molecule has 0 spiro atoms. The summed E-state index contributed by atoms with van der Waals surface area (Å²) in [6.07, 6.45) is 5.57. The SMILES string of the molecule is COc1ccc(C(=O)NCCc2ccc(OC)c(OC3CCCC3)c2)c(OC)c1. The molecule has 29 heavy (non-hydrogen) atoms. The molecular formula is C23H29NO5. The van der Waals surface area contributed by atoms with Crippen LogP contribution in [0, 0.1) is 0 Å². The summed E-state index contributed by atoms with van der Waals surface area (Å²) in [6.45, 7) is 0.503. The third kappa shape index (κ3) is 5.34. The van der Waals surface area contributed by atoms with Crippen molar-refractivity contribution in [1.29, 1.82) is 0 Å². The maximum atomic E-state index is 12.5. The van der Waals surface area contributed by atoms with Gasteiger partial charge in [0.25, 0.3) is 5.91 Å². The summed E-state index contributed by atoms with van der Waals surface area (Å²) < 4.78 is 22.1. The molecule has 1 saturated carbocycles. The molecule has 0 bridgehead atoms. The lowest BCUT2D eigenvalue weighted by molar-refractivity contribution is 0.0951. The van der Waals surface area contributed by atoms with E-state index in [0.29, 0.717) is 30.0 Å². The molecule has 156 valence electrons. The monoisotopic (exact) mass is 399 g/mol. The molecule has 1 fully saturated rings. The number of nitrogens with one attached hydrogen (secondary N) is 1. The summed E-state index contributed by atoms with van der Waals surface area (Å²) in [5.41, 5.74) is 1.56. The molecule has 0 unspecified atom stereocenters. The standard InChI is InChI=1S/C23H29NO5/c1-26-18-9-10-19(21(15-18)28-3)23(25)24-13-12-16-8-11-20(27-2)22(14-16)29-17-6-4-5-7-17/h8-11,14-15,17H,4-7,12-13H2,1-3H3,(H,24,25). The number of hydrogen-bond acceptors (Lipinski definition) is 5. The Kier molecular flexibility index (Phi) is 7.22. The third-order valence-corrected chi connectivity index (χ3v) is 5.18. The maximum Gasteiger partial charge on any atom is 0.255 e. The molecular weight excluding hydrogens is 370 g/mol. The predicted octanol–water partition coefficient (Wildman–Crippen LogP) is 4.01. The van der Waals surface area contributed by atoms with Crippen molar-refractivity contribution in [2.24, 2.45) is 0 Å². The Bertz CT molecular complexity index is 830. The first-order chi connectivity index (χ1) is 14.1. The minimum absolute atomic E-state index is 0.180. The van der Waals surface area contributed by atoms with Crippen LogP contribution >= 0.6 is 0 Å². The lowest BCUT2D eigenvalue weighted by atomic mass is 10.1. The molecule has 6 heteroatoms. The van der Waals surface area contributed by atoms with Crippen LogP contribution in [-0.2, 0) is 6.42 Å². The number of amides is 1. The van der Waals surface area contributed by atoms with Crippen molar-refractivity contribution in [3.05, 3.63) is 47.5 Å². The van der Waals surface area contributed by atoms with Crippen LogP contribution in [0.2, 0.25) is 0 Å². The van der Waals surface area contributed by atoms with Gasteiger partial charge in [-0.1, -0.05) is 6.07 Å². The van der Waals surface area contributed by atoms with Gasteiger partial charge in [0.15, 0.2) is 11.5 Å². The second-order valence-electron chi connectivity index (χ2n) is 7.08. The summed E-state index contributed by atoms with van der Waals surface area (Å²) in [4.78, 5) is 12.5. The van der Waals surface area contributed by atoms with Gasteiger partial charge in [-0.05, 0) is 61.9 Å². The van der Waals surface area contributed by atoms with E-state index in [4.69, 9.17) is 18.9 Å². The van der Waals surface area contributed by atoms with E-state index in [2.05, 4.69) is 5.32 Å². The van der Waals surface area contributed by atoms with Crippen molar-refractivity contribution < 1.29 is 23.7 Å². The first kappa shape index (κ1) is 20.8. The fraction of sp³-hybridized carbons (Fsp3) is 0.435. The van der Waals surface area contributed by atoms with Crippen LogP contribution < -0.4 is 24.3 Å². The number of carbonyl (C=O) groups excluding carboxylic acids is 1. The molecule has 1 amide bonds. The predicted molar refractivity (Wildman–Crippen MR) is 111 cm³/mol. The van der Waals surface area contributed by atoms with Crippen LogP contribution in [0.25, 0.3) is 0 Å². The van der Waals surface area contributed by atoms with Crippen LogP contribution in [0.1, 0.15) is 41.6 Å². The lowest BCUT2D eigenvalue weighted by Gasteiger charge is -2.17. The van der Waals surface area contributed by atoms with Gasteiger partial charge in [-0.3, -0.25) is 4.79 Å². The first-order valence-corrected chi connectivity index (χ1v) is 9.98. The smallest absolute Gasteiger partial charge is 0.255 e. The zero-order valence-corrected chi connectivity index (χ0v) is 17.3. The van der Waals surface area contributed by atoms with E-state index in [1.165, 1.54) is 20.0 Å². The molecule has 0 heterocycles. The van der Waals surface area contributed by atoms with Gasteiger partial charge in [-0.2, -0.15) is 0 Å². The van der Waals surface area contributed by atoms with Gasteiger partial charge < -0.3 is 24.3 Å². The van der Waals surface area contributed by atoms with Crippen molar-refractivity contribution in [1.82, 2.24) is 5.32 Å². The van der Waals surface area contributed by atoms with Crippen LogP contribution in [0.5, 0.6) is 23.0 Å². The van der Waals surface area contributed by atoms with Crippen molar-refractivity contribution >= 4 is 5.91 Å². The number of rotatable bonds is 9. The molecule has 6 nitrogen and oxygen atoms in total. The molecule has 0 aromatic heterocycles. The van der Waals surface area contributed by atoms with Gasteiger partial charge in [0.05, 0.1) is 33.0 Å². The normalized spacial score (nSPS) is 13.8. The highest BCUT2D eigenvalue weighted by Crippen LogP contribution is 2.32. The Balaban J connectivity index is 1.60. The Labute approximate surface area is 172 Å². The fourth-order valence-electron chi connectivity index (χ4n) is 3.56. The van der Waals surface area contributed by atoms with E-state index in [1.54, 1.807) is 32.4 Å². The van der Waals surface area contributed by atoms with Gasteiger partial charge in [0.2, 0.25) is 0 Å². The van der Waals surface area contributed by atoms with Crippen molar-refractivity contribution in [3.63, 3.8) is 0 Å². The summed E-state index contributed by atoms with van der Waals surface area (Å²) in [5.74, 6) is 2.47. The minimum atomic E-state index is -0.180. The number of methoxy groups -OCH3 is 3. The van der Waals surface area contributed by atoms with Crippen molar-refractivity contribution in [2.75, 3.05) is 27.9 Å². The van der Waals surface area contributed by atoms with Crippen molar-refractivity contribution in [2.45, 2.75) is 38.2 Å². The third-order valence-electron chi connectivity index (χ3n) is 5.18. The van der Waals surface area contributed by atoms with E-state index >= 15 is 0 Å². The van der Waals surface area contributed by atoms with Gasteiger partial charge in [0.1, 0.15) is 11.5 Å². The van der Waals surface area contributed by atoms with E-state index in [-0.39, 0.29) is 12.0 Å². The van der Waals surface area contributed by atoms with E-state index < -0.39 is 0 Å². The molecule has 0 saturated heterocycles. The Morgan fingerprint density at radius 2 is 1.69 bits per heavy atom. The maximum absolute atomic E-state index is 12.5. The second kappa shape index (κ2) is 10.0. The molecule has 1 N–H and O–H groups in total. The average molecular weight is 399 g/mol. The Morgan fingerprint density at radius 3 is 2.38 bits per heavy atom. The number of benzene rings is 2. The largest absolute Gasteiger partial charge is 0.497 e. The highest BCUT2D eigenvalue weighted by Gasteiger charge is 2.19. The van der Waals surface area contributed by atoms with Crippen LogP contribution in [0.4, 0.5) is 0 Å². The molecule has 0 atom stereocenters. The summed E-state index contributed by atoms with van der Waals surface area (Å²) >= 11 is 0. The van der Waals surface area contributed by atoms with E-state index in [1.807, 2.05) is 18.2 Å². The van der Waals surface area contributed by atoms with Gasteiger partial charge in [-0.25, -0.2) is 0 Å². The minimum Gasteiger partial charge on any atom is -0.497 e. The zero-order valence-electron chi connectivity index (χ0n) is 17.3. The van der Waals surface area contributed by atoms with Crippen LogP contribution in [-0.4, -0.2) is 39.9 Å². The summed E-state index contributed by atoms with van der Waals surface area (Å²) in [7, 11) is 4.77. The summed E-state index contributed by atoms with van der Waals surface area (Å²) in [5, 5.41) is 2.95. The Hall–Kier alpha value is -2.89. The quantitative estimate of drug-likeness (QED) is 0.690. The van der Waals surface area contributed by atoms with Crippen molar-refractivity contribution in [3.8, 4) is 23.0 Å². The second-order valence-corrected chi connectivity index (χ2v) is 7.08. The average Bonchev–Trinajstić information content (AvgIpc) is 3.26. The first-order valence-electron chi connectivity index (χ1n) is 9.98. The van der Waals surface area contributed by atoms with Crippen LogP contribution in [0.3, 0.4) is 0 Å². The lowest BCUT2D eigenvalue weighted by Crippen LogP contribution is -2.26. The van der Waals surface area contributed by atoms with Gasteiger partial charge in [0, 0.05) is 12.6 Å². The number of carbonyl (C=O) groups is 1. The molecule has 2 aromatic carbocycles. The number of ether oxygens (including phenoxy) is 4.